The standard InChI is InChI=1S/C12H17F3N4S/c1-20-11(4-2-3-5-11)7-17-9-6-8(16)18-10(19-9)12(13,14)15/h6H,2-5,7H2,1H3,(H3,16,17,18,19). The fourth-order valence-electron chi connectivity index (χ4n) is 2.41. The highest BCUT2D eigenvalue weighted by Crippen LogP contribution is 2.40. The van der Waals surface area contributed by atoms with Crippen LogP contribution in [0.5, 0.6) is 0 Å². The second-order valence-corrected chi connectivity index (χ2v) is 6.22. The predicted molar refractivity (Wildman–Crippen MR) is 74.7 cm³/mol. The van der Waals surface area contributed by atoms with Gasteiger partial charge in [0.2, 0.25) is 5.82 Å². The molecule has 1 saturated carbocycles. The van der Waals surface area contributed by atoms with Crippen LogP contribution in [0.1, 0.15) is 31.5 Å². The number of rotatable bonds is 4. The Hall–Kier alpha value is -1.18. The maximum atomic E-state index is 12.6. The summed E-state index contributed by atoms with van der Waals surface area (Å²) >= 11 is 1.75. The zero-order valence-corrected chi connectivity index (χ0v) is 11.9. The van der Waals surface area contributed by atoms with Gasteiger partial charge < -0.3 is 11.1 Å². The van der Waals surface area contributed by atoms with Crippen LogP contribution in [0.15, 0.2) is 6.07 Å². The largest absolute Gasteiger partial charge is 0.451 e. The molecule has 0 amide bonds. The van der Waals surface area contributed by atoms with E-state index in [0.717, 1.165) is 25.7 Å². The normalized spacial score (nSPS) is 18.2. The summed E-state index contributed by atoms with van der Waals surface area (Å²) in [6, 6.07) is 1.33. The lowest BCUT2D eigenvalue weighted by Crippen LogP contribution is -2.30. The van der Waals surface area contributed by atoms with Gasteiger partial charge in [-0.05, 0) is 19.1 Å². The summed E-state index contributed by atoms with van der Waals surface area (Å²) in [5, 5.41) is 2.98. The number of aromatic nitrogens is 2. The van der Waals surface area contributed by atoms with Crippen molar-refractivity contribution < 1.29 is 13.2 Å². The first kappa shape index (κ1) is 15.2. The second-order valence-electron chi connectivity index (χ2n) is 4.95. The lowest BCUT2D eigenvalue weighted by molar-refractivity contribution is -0.144. The average Bonchev–Trinajstić information content (AvgIpc) is 2.84. The third-order valence-electron chi connectivity index (χ3n) is 3.54. The smallest absolute Gasteiger partial charge is 0.384 e. The molecule has 20 heavy (non-hydrogen) atoms. The van der Waals surface area contributed by atoms with E-state index in [-0.39, 0.29) is 16.4 Å². The molecule has 0 spiro atoms. The molecule has 1 aromatic rings. The van der Waals surface area contributed by atoms with E-state index >= 15 is 0 Å². The van der Waals surface area contributed by atoms with Crippen molar-refractivity contribution >= 4 is 23.4 Å². The summed E-state index contributed by atoms with van der Waals surface area (Å²) in [4.78, 5) is 6.71. The summed E-state index contributed by atoms with van der Waals surface area (Å²) < 4.78 is 37.9. The molecule has 1 fully saturated rings. The number of nitrogens with one attached hydrogen (secondary N) is 1. The minimum atomic E-state index is -4.59. The molecule has 0 atom stereocenters. The first-order valence-electron chi connectivity index (χ1n) is 6.35. The van der Waals surface area contributed by atoms with Crippen molar-refractivity contribution in [2.45, 2.75) is 36.6 Å². The van der Waals surface area contributed by atoms with E-state index in [4.69, 9.17) is 5.73 Å². The number of nitrogens with two attached hydrogens (primary N) is 1. The van der Waals surface area contributed by atoms with Crippen molar-refractivity contribution in [1.82, 2.24) is 9.97 Å². The third kappa shape index (κ3) is 3.47. The van der Waals surface area contributed by atoms with E-state index in [9.17, 15) is 13.2 Å². The lowest BCUT2D eigenvalue weighted by Gasteiger charge is -2.27. The number of nitrogen functional groups attached to an aromatic ring is 1. The Bertz CT molecular complexity index is 472. The summed E-state index contributed by atoms with van der Waals surface area (Å²) in [5.74, 6) is -1.26. The Morgan fingerprint density at radius 2 is 2.00 bits per heavy atom. The molecule has 1 aliphatic carbocycles. The van der Waals surface area contributed by atoms with Gasteiger partial charge in [0.1, 0.15) is 11.6 Å². The van der Waals surface area contributed by atoms with Crippen LogP contribution in [-0.4, -0.2) is 27.5 Å². The molecule has 112 valence electrons. The summed E-state index contributed by atoms with van der Waals surface area (Å²) in [6.45, 7) is 0.585. The molecule has 0 radical (unpaired) electrons. The topological polar surface area (TPSA) is 63.8 Å². The minimum Gasteiger partial charge on any atom is -0.384 e. The van der Waals surface area contributed by atoms with Crippen LogP contribution >= 0.6 is 11.8 Å². The Morgan fingerprint density at radius 1 is 1.35 bits per heavy atom. The highest BCUT2D eigenvalue weighted by atomic mass is 32.2. The molecule has 3 N–H and O–H groups in total. The van der Waals surface area contributed by atoms with Gasteiger partial charge in [0.15, 0.2) is 0 Å². The zero-order valence-electron chi connectivity index (χ0n) is 11.1. The van der Waals surface area contributed by atoms with E-state index in [1.807, 2.05) is 6.26 Å². The van der Waals surface area contributed by atoms with Crippen molar-refractivity contribution in [2.24, 2.45) is 0 Å². The van der Waals surface area contributed by atoms with Gasteiger partial charge in [-0.2, -0.15) is 24.9 Å². The number of hydrogen-bond donors (Lipinski definition) is 2. The lowest BCUT2D eigenvalue weighted by atomic mass is 10.1. The van der Waals surface area contributed by atoms with E-state index in [0.29, 0.717) is 6.54 Å². The monoisotopic (exact) mass is 306 g/mol. The number of halogens is 3. The first-order chi connectivity index (χ1) is 9.35. The SMILES string of the molecule is CSC1(CNc2cc(N)nc(C(F)(F)F)n2)CCCC1. The number of nitrogens with zero attached hydrogens (tertiary/aromatic N) is 2. The summed E-state index contributed by atoms with van der Waals surface area (Å²) in [6.07, 6.45) is 1.88. The fourth-order valence-corrected chi connectivity index (χ4v) is 3.32. The van der Waals surface area contributed by atoms with E-state index in [2.05, 4.69) is 15.3 Å². The molecule has 0 bridgehead atoms. The third-order valence-corrected chi connectivity index (χ3v) is 4.96. The molecule has 0 unspecified atom stereocenters. The molecule has 0 aromatic carbocycles. The molecular formula is C12H17F3N4S. The number of anilines is 2. The highest BCUT2D eigenvalue weighted by molar-refractivity contribution is 8.00. The summed E-state index contributed by atoms with van der Waals surface area (Å²) in [7, 11) is 0. The average molecular weight is 306 g/mol. The molecule has 0 saturated heterocycles. The van der Waals surface area contributed by atoms with Crippen LogP contribution in [0.25, 0.3) is 0 Å². The fraction of sp³-hybridized carbons (Fsp3) is 0.667. The maximum absolute atomic E-state index is 12.6. The molecule has 0 aliphatic heterocycles. The quantitative estimate of drug-likeness (QED) is 0.894. The number of alkyl halides is 3. The maximum Gasteiger partial charge on any atom is 0.451 e. The molecular weight excluding hydrogens is 289 g/mol. The summed E-state index contributed by atoms with van der Waals surface area (Å²) in [5.41, 5.74) is 5.41. The van der Waals surface area contributed by atoms with Gasteiger partial charge in [-0.25, -0.2) is 9.97 Å². The van der Waals surface area contributed by atoms with Gasteiger partial charge >= 0.3 is 6.18 Å². The van der Waals surface area contributed by atoms with Gasteiger partial charge in [0, 0.05) is 17.4 Å². The molecule has 1 aliphatic rings. The van der Waals surface area contributed by atoms with Crippen LogP contribution in [-0.2, 0) is 6.18 Å². The number of hydrogen-bond acceptors (Lipinski definition) is 5. The van der Waals surface area contributed by atoms with Crippen LogP contribution in [0.2, 0.25) is 0 Å². The van der Waals surface area contributed by atoms with Crippen LogP contribution in [0.4, 0.5) is 24.8 Å². The van der Waals surface area contributed by atoms with Gasteiger partial charge in [-0.15, -0.1) is 0 Å². The van der Waals surface area contributed by atoms with Crippen LogP contribution in [0, 0.1) is 0 Å². The second kappa shape index (κ2) is 5.67. The zero-order chi connectivity index (χ0) is 14.8. The van der Waals surface area contributed by atoms with Gasteiger partial charge in [-0.1, -0.05) is 12.8 Å². The van der Waals surface area contributed by atoms with Crippen molar-refractivity contribution in [2.75, 3.05) is 23.9 Å². The molecule has 4 nitrogen and oxygen atoms in total. The van der Waals surface area contributed by atoms with Crippen molar-refractivity contribution in [3.63, 3.8) is 0 Å². The van der Waals surface area contributed by atoms with Crippen molar-refractivity contribution in [1.29, 1.82) is 0 Å². The molecule has 1 aromatic heterocycles. The van der Waals surface area contributed by atoms with E-state index in [1.54, 1.807) is 11.8 Å². The highest BCUT2D eigenvalue weighted by Gasteiger charge is 2.36. The minimum absolute atomic E-state index is 0.0815. The van der Waals surface area contributed by atoms with E-state index in [1.165, 1.54) is 6.07 Å². The Kier molecular flexibility index (Phi) is 4.31. The number of thioether (sulfide) groups is 1. The molecule has 8 heteroatoms. The molecule has 2 rings (SSSR count). The Labute approximate surface area is 119 Å². The Morgan fingerprint density at radius 3 is 2.55 bits per heavy atom. The first-order valence-corrected chi connectivity index (χ1v) is 7.58. The van der Waals surface area contributed by atoms with Crippen molar-refractivity contribution in [3.8, 4) is 0 Å². The van der Waals surface area contributed by atoms with Crippen molar-refractivity contribution in [3.05, 3.63) is 11.9 Å². The van der Waals surface area contributed by atoms with E-state index < -0.39 is 12.0 Å². The van der Waals surface area contributed by atoms with Gasteiger partial charge in [0.25, 0.3) is 0 Å². The van der Waals surface area contributed by atoms with Crippen LogP contribution in [0.3, 0.4) is 0 Å². The molecule has 1 heterocycles. The Balaban J connectivity index is 2.11. The van der Waals surface area contributed by atoms with Gasteiger partial charge in [-0.3, -0.25) is 0 Å². The van der Waals surface area contributed by atoms with Gasteiger partial charge in [0.05, 0.1) is 0 Å². The van der Waals surface area contributed by atoms with Crippen LogP contribution < -0.4 is 11.1 Å². The predicted octanol–water partition coefficient (Wildman–Crippen LogP) is 3.17.